The number of para-hydroxylation sites is 2. The largest absolute Gasteiger partial charge is 0.392 e. The van der Waals surface area contributed by atoms with Gasteiger partial charge in [-0.25, -0.2) is 4.98 Å². The van der Waals surface area contributed by atoms with Gasteiger partial charge in [-0.2, -0.15) is 0 Å². The Labute approximate surface area is 163 Å². The number of hydrogen-bond acceptors (Lipinski definition) is 4. The summed E-state index contributed by atoms with van der Waals surface area (Å²) >= 11 is 0. The molecule has 1 atom stereocenters. The highest BCUT2D eigenvalue weighted by Gasteiger charge is 2.28. The van der Waals surface area contributed by atoms with Crippen molar-refractivity contribution in [2.75, 3.05) is 26.2 Å². The van der Waals surface area contributed by atoms with Crippen molar-refractivity contribution in [2.45, 2.75) is 64.8 Å². The van der Waals surface area contributed by atoms with Gasteiger partial charge in [0.15, 0.2) is 0 Å². The number of nitrogens with zero attached hydrogens (tertiary/aromatic N) is 4. The van der Waals surface area contributed by atoms with E-state index in [0.29, 0.717) is 12.0 Å². The van der Waals surface area contributed by atoms with Crippen LogP contribution in [-0.4, -0.2) is 62.8 Å². The molecule has 2 aliphatic rings. The molecule has 0 unspecified atom stereocenters. The Hall–Kier alpha value is -1.43. The topological polar surface area (TPSA) is 44.5 Å². The monoisotopic (exact) mass is 370 g/mol. The van der Waals surface area contributed by atoms with Gasteiger partial charge in [0.2, 0.25) is 0 Å². The van der Waals surface area contributed by atoms with Gasteiger partial charge in [0.1, 0.15) is 5.82 Å². The van der Waals surface area contributed by atoms with E-state index in [4.69, 9.17) is 4.98 Å². The lowest BCUT2D eigenvalue weighted by Crippen LogP contribution is -2.49. The summed E-state index contributed by atoms with van der Waals surface area (Å²) in [5, 5.41) is 9.97. The molecule has 0 aliphatic carbocycles. The summed E-state index contributed by atoms with van der Waals surface area (Å²) in [4.78, 5) is 10.0. The molecule has 27 heavy (non-hydrogen) atoms. The molecule has 2 aromatic rings. The SMILES string of the molecule is CC(C)Cn1c(CN2CCC(N3CCC[C@@H](O)C3)CC2)nc2ccccc21. The summed E-state index contributed by atoms with van der Waals surface area (Å²) in [5.74, 6) is 1.81. The fourth-order valence-corrected chi connectivity index (χ4v) is 4.77. The van der Waals surface area contributed by atoms with Gasteiger partial charge < -0.3 is 9.67 Å². The maximum Gasteiger partial charge on any atom is 0.124 e. The van der Waals surface area contributed by atoms with Crippen LogP contribution < -0.4 is 0 Å². The fourth-order valence-electron chi connectivity index (χ4n) is 4.77. The Morgan fingerprint density at radius 1 is 1.11 bits per heavy atom. The molecule has 0 radical (unpaired) electrons. The third-order valence-electron chi connectivity index (χ3n) is 6.15. The van der Waals surface area contributed by atoms with Crippen molar-refractivity contribution >= 4 is 11.0 Å². The van der Waals surface area contributed by atoms with E-state index in [1.807, 2.05) is 0 Å². The molecular weight excluding hydrogens is 336 g/mol. The Balaban J connectivity index is 1.41. The van der Waals surface area contributed by atoms with Crippen LogP contribution >= 0.6 is 0 Å². The molecule has 1 aromatic heterocycles. The van der Waals surface area contributed by atoms with Crippen LogP contribution in [0.4, 0.5) is 0 Å². The van der Waals surface area contributed by atoms with Crippen molar-refractivity contribution in [1.29, 1.82) is 0 Å². The maximum atomic E-state index is 9.97. The second-order valence-corrected chi connectivity index (χ2v) is 8.82. The number of β-amino-alcohol motifs (C(OH)–C–C–N with tert-alkyl or cyclic N) is 1. The first-order valence-electron chi connectivity index (χ1n) is 10.7. The molecule has 148 valence electrons. The first-order valence-corrected chi connectivity index (χ1v) is 10.7. The predicted octanol–water partition coefficient (Wildman–Crippen LogP) is 3.11. The van der Waals surface area contributed by atoms with Crippen molar-refractivity contribution in [3.05, 3.63) is 30.1 Å². The molecule has 1 aromatic carbocycles. The number of aromatic nitrogens is 2. The van der Waals surface area contributed by atoms with Crippen molar-refractivity contribution in [3.63, 3.8) is 0 Å². The maximum absolute atomic E-state index is 9.97. The minimum absolute atomic E-state index is 0.118. The highest BCUT2D eigenvalue weighted by Crippen LogP contribution is 2.24. The number of benzene rings is 1. The first kappa shape index (κ1) is 18.9. The number of aliphatic hydroxyl groups is 1. The summed E-state index contributed by atoms with van der Waals surface area (Å²) in [5.41, 5.74) is 2.38. The Kier molecular flexibility index (Phi) is 5.81. The van der Waals surface area contributed by atoms with Crippen molar-refractivity contribution in [3.8, 4) is 0 Å². The lowest BCUT2D eigenvalue weighted by atomic mass is 9.99. The predicted molar refractivity (Wildman–Crippen MR) is 110 cm³/mol. The van der Waals surface area contributed by atoms with Gasteiger partial charge in [-0.15, -0.1) is 0 Å². The molecule has 3 heterocycles. The number of likely N-dealkylation sites (tertiary alicyclic amines) is 2. The van der Waals surface area contributed by atoms with E-state index in [-0.39, 0.29) is 6.10 Å². The van der Waals surface area contributed by atoms with Crippen LogP contribution in [-0.2, 0) is 13.1 Å². The van der Waals surface area contributed by atoms with Gasteiger partial charge in [0.05, 0.1) is 23.7 Å². The van der Waals surface area contributed by atoms with Crippen LogP contribution in [0.2, 0.25) is 0 Å². The minimum Gasteiger partial charge on any atom is -0.392 e. The van der Waals surface area contributed by atoms with E-state index >= 15 is 0 Å². The van der Waals surface area contributed by atoms with Crippen molar-refractivity contribution in [2.24, 2.45) is 5.92 Å². The van der Waals surface area contributed by atoms with Gasteiger partial charge in [0.25, 0.3) is 0 Å². The van der Waals surface area contributed by atoms with E-state index < -0.39 is 0 Å². The molecule has 5 heteroatoms. The zero-order valence-corrected chi connectivity index (χ0v) is 16.8. The van der Waals surface area contributed by atoms with Crippen LogP contribution in [0.15, 0.2) is 24.3 Å². The van der Waals surface area contributed by atoms with E-state index in [1.54, 1.807) is 0 Å². The lowest BCUT2D eigenvalue weighted by molar-refractivity contribution is 0.0239. The second kappa shape index (κ2) is 8.29. The van der Waals surface area contributed by atoms with Crippen LogP contribution in [0.5, 0.6) is 0 Å². The minimum atomic E-state index is -0.118. The zero-order valence-electron chi connectivity index (χ0n) is 16.8. The Morgan fingerprint density at radius 2 is 1.89 bits per heavy atom. The van der Waals surface area contributed by atoms with E-state index in [2.05, 4.69) is 52.5 Å². The van der Waals surface area contributed by atoms with Gasteiger partial charge in [-0.3, -0.25) is 9.80 Å². The molecule has 0 saturated carbocycles. The Bertz CT molecular complexity index is 748. The van der Waals surface area contributed by atoms with Gasteiger partial charge >= 0.3 is 0 Å². The third-order valence-corrected chi connectivity index (χ3v) is 6.15. The molecule has 5 nitrogen and oxygen atoms in total. The third kappa shape index (κ3) is 4.36. The van der Waals surface area contributed by atoms with Crippen molar-refractivity contribution < 1.29 is 5.11 Å². The van der Waals surface area contributed by atoms with Crippen LogP contribution in [0, 0.1) is 5.92 Å². The summed E-state index contributed by atoms with van der Waals surface area (Å²) in [6.07, 6.45) is 4.41. The van der Waals surface area contributed by atoms with Crippen LogP contribution in [0.3, 0.4) is 0 Å². The summed E-state index contributed by atoms with van der Waals surface area (Å²) < 4.78 is 2.42. The van der Waals surface area contributed by atoms with Crippen LogP contribution in [0.25, 0.3) is 11.0 Å². The number of aliphatic hydroxyl groups excluding tert-OH is 1. The molecule has 4 rings (SSSR count). The molecule has 2 fully saturated rings. The summed E-state index contributed by atoms with van der Waals surface area (Å²) in [6.45, 7) is 10.8. The average Bonchev–Trinajstić information content (AvgIpc) is 2.99. The molecule has 0 bridgehead atoms. The molecule has 0 amide bonds. The summed E-state index contributed by atoms with van der Waals surface area (Å²) in [6, 6.07) is 9.16. The smallest absolute Gasteiger partial charge is 0.124 e. The number of rotatable bonds is 5. The molecular formula is C22H34N4O. The summed E-state index contributed by atoms with van der Waals surface area (Å²) in [7, 11) is 0. The lowest BCUT2D eigenvalue weighted by Gasteiger charge is -2.41. The number of fused-ring (bicyclic) bond motifs is 1. The van der Waals surface area contributed by atoms with E-state index in [1.165, 1.54) is 24.2 Å². The average molecular weight is 371 g/mol. The molecule has 1 N–H and O–H groups in total. The molecule has 2 aliphatic heterocycles. The van der Waals surface area contributed by atoms with Gasteiger partial charge in [-0.05, 0) is 50.3 Å². The molecule has 2 saturated heterocycles. The van der Waals surface area contributed by atoms with Crippen LogP contribution in [0.1, 0.15) is 45.4 Å². The number of piperidine rings is 2. The van der Waals surface area contributed by atoms with E-state index in [0.717, 1.165) is 57.6 Å². The number of imidazole rings is 1. The van der Waals surface area contributed by atoms with Crippen molar-refractivity contribution in [1.82, 2.24) is 19.4 Å². The van der Waals surface area contributed by atoms with E-state index in [9.17, 15) is 5.11 Å². The quantitative estimate of drug-likeness (QED) is 0.878. The Morgan fingerprint density at radius 3 is 2.63 bits per heavy atom. The van der Waals surface area contributed by atoms with Gasteiger partial charge in [0, 0.05) is 32.2 Å². The first-order chi connectivity index (χ1) is 13.1. The normalized spacial score (nSPS) is 23.5. The number of hydrogen-bond donors (Lipinski definition) is 1. The molecule has 0 spiro atoms. The highest BCUT2D eigenvalue weighted by atomic mass is 16.3. The standard InChI is InChI=1S/C22H34N4O/c1-17(2)14-26-21-8-4-3-7-20(21)23-22(26)16-24-12-9-18(10-13-24)25-11-5-6-19(27)15-25/h3-4,7-8,17-19,27H,5-6,9-16H2,1-2H3/t19-/m1/s1. The zero-order chi connectivity index (χ0) is 18.8. The highest BCUT2D eigenvalue weighted by molar-refractivity contribution is 5.75. The second-order valence-electron chi connectivity index (χ2n) is 8.82. The van der Waals surface area contributed by atoms with Gasteiger partial charge in [-0.1, -0.05) is 26.0 Å². The fraction of sp³-hybridized carbons (Fsp3) is 0.682.